The first-order valence-corrected chi connectivity index (χ1v) is 12.7. The molecule has 0 saturated heterocycles. The summed E-state index contributed by atoms with van der Waals surface area (Å²) in [5.74, 6) is 1.20. The van der Waals surface area contributed by atoms with Crippen LogP contribution in [0.5, 0.6) is 5.75 Å². The van der Waals surface area contributed by atoms with Crippen LogP contribution in [0.3, 0.4) is 0 Å². The highest BCUT2D eigenvalue weighted by molar-refractivity contribution is 7.13. The predicted molar refractivity (Wildman–Crippen MR) is 145 cm³/mol. The molecule has 2 aromatic carbocycles. The van der Waals surface area contributed by atoms with E-state index in [4.69, 9.17) is 4.74 Å². The SMILES string of the molecule is CC(C)c1ccc(OCC(=O)Nc2cc(-c3cccs3)nn2-c2nc(-c3ccccc3)cc(=O)[nH]2)cc1. The Morgan fingerprint density at radius 3 is 2.51 bits per heavy atom. The summed E-state index contributed by atoms with van der Waals surface area (Å²) in [5, 5.41) is 9.43. The number of aromatic nitrogens is 4. The summed E-state index contributed by atoms with van der Waals surface area (Å²) in [4.78, 5) is 33.6. The van der Waals surface area contributed by atoms with Crippen LogP contribution in [-0.2, 0) is 4.79 Å². The van der Waals surface area contributed by atoms with Crippen LogP contribution in [0.25, 0.3) is 27.8 Å². The number of benzene rings is 2. The Morgan fingerprint density at radius 2 is 1.81 bits per heavy atom. The lowest BCUT2D eigenvalue weighted by molar-refractivity contribution is -0.118. The minimum Gasteiger partial charge on any atom is -0.484 e. The Morgan fingerprint density at radius 1 is 1.03 bits per heavy atom. The number of nitrogens with one attached hydrogen (secondary N) is 2. The number of carbonyl (C=O) groups is 1. The van der Waals surface area contributed by atoms with Crippen LogP contribution in [-0.4, -0.2) is 32.3 Å². The van der Waals surface area contributed by atoms with Crippen molar-refractivity contribution < 1.29 is 9.53 Å². The molecule has 1 amide bonds. The van der Waals surface area contributed by atoms with Gasteiger partial charge < -0.3 is 10.1 Å². The normalized spacial score (nSPS) is 11.0. The quantitative estimate of drug-likeness (QED) is 0.287. The smallest absolute Gasteiger partial charge is 0.263 e. The summed E-state index contributed by atoms with van der Waals surface area (Å²) >= 11 is 1.52. The van der Waals surface area contributed by atoms with E-state index < -0.39 is 0 Å². The van der Waals surface area contributed by atoms with Crippen molar-refractivity contribution in [1.29, 1.82) is 0 Å². The van der Waals surface area contributed by atoms with Crippen LogP contribution >= 0.6 is 11.3 Å². The molecule has 3 aromatic heterocycles. The summed E-state index contributed by atoms with van der Waals surface area (Å²) in [7, 11) is 0. The molecule has 0 aliphatic rings. The molecule has 8 nitrogen and oxygen atoms in total. The minimum absolute atomic E-state index is 0.186. The molecule has 2 N–H and O–H groups in total. The number of thiophene rings is 1. The fourth-order valence-corrected chi connectivity index (χ4v) is 4.44. The number of aromatic amines is 1. The summed E-state index contributed by atoms with van der Waals surface area (Å²) in [6, 6.07) is 24.1. The van der Waals surface area contributed by atoms with Gasteiger partial charge in [-0.1, -0.05) is 62.4 Å². The van der Waals surface area contributed by atoms with E-state index in [1.54, 1.807) is 6.07 Å². The highest BCUT2D eigenvalue weighted by atomic mass is 32.1. The predicted octanol–water partition coefficient (Wildman–Crippen LogP) is 5.49. The van der Waals surface area contributed by atoms with E-state index in [0.717, 1.165) is 10.4 Å². The molecule has 0 radical (unpaired) electrons. The first-order valence-electron chi connectivity index (χ1n) is 11.8. The minimum atomic E-state index is -0.367. The Balaban J connectivity index is 1.42. The maximum absolute atomic E-state index is 12.8. The molecule has 0 atom stereocenters. The first kappa shape index (κ1) is 24.2. The number of rotatable bonds is 8. The summed E-state index contributed by atoms with van der Waals surface area (Å²) in [5.41, 5.74) is 2.80. The molecule has 3 heterocycles. The molecule has 5 rings (SSSR count). The van der Waals surface area contributed by atoms with Gasteiger partial charge in [-0.3, -0.25) is 14.6 Å². The Hall–Kier alpha value is -4.50. The van der Waals surface area contributed by atoms with Gasteiger partial charge in [-0.2, -0.15) is 9.78 Å². The third kappa shape index (κ3) is 5.68. The van der Waals surface area contributed by atoms with E-state index in [0.29, 0.717) is 28.9 Å². The van der Waals surface area contributed by atoms with Gasteiger partial charge >= 0.3 is 0 Å². The van der Waals surface area contributed by atoms with E-state index >= 15 is 0 Å². The average molecular weight is 512 g/mol. The molecule has 0 spiro atoms. The number of H-pyrrole nitrogens is 1. The number of hydrogen-bond acceptors (Lipinski definition) is 6. The number of ether oxygens (including phenoxy) is 1. The molecule has 0 bridgehead atoms. The third-order valence-corrected chi connectivity index (χ3v) is 6.56. The fraction of sp³-hybridized carbons (Fsp3) is 0.143. The number of nitrogens with zero attached hydrogens (tertiary/aromatic N) is 3. The van der Waals surface area contributed by atoms with Crippen molar-refractivity contribution in [3.05, 3.63) is 100 Å². The molecule has 5 aromatic rings. The molecule has 0 aliphatic carbocycles. The van der Waals surface area contributed by atoms with Gasteiger partial charge in [-0.15, -0.1) is 11.3 Å². The molecule has 0 aliphatic heterocycles. The Bertz CT molecular complexity index is 1560. The van der Waals surface area contributed by atoms with Crippen LogP contribution in [0.2, 0.25) is 0 Å². The van der Waals surface area contributed by atoms with Crippen molar-refractivity contribution in [2.75, 3.05) is 11.9 Å². The van der Waals surface area contributed by atoms with Gasteiger partial charge in [0.15, 0.2) is 6.61 Å². The largest absolute Gasteiger partial charge is 0.484 e. The Labute approximate surface area is 217 Å². The number of anilines is 1. The second-order valence-corrected chi connectivity index (χ2v) is 9.63. The van der Waals surface area contributed by atoms with Crippen LogP contribution in [0, 0.1) is 0 Å². The van der Waals surface area contributed by atoms with Gasteiger partial charge in [0, 0.05) is 17.7 Å². The lowest BCUT2D eigenvalue weighted by Crippen LogP contribution is -2.23. The zero-order chi connectivity index (χ0) is 25.8. The van der Waals surface area contributed by atoms with Crippen molar-refractivity contribution in [3.8, 4) is 33.5 Å². The molecule has 0 saturated carbocycles. The third-order valence-electron chi connectivity index (χ3n) is 5.67. The Kier molecular flexibility index (Phi) is 6.96. The van der Waals surface area contributed by atoms with Crippen molar-refractivity contribution in [2.45, 2.75) is 19.8 Å². The van der Waals surface area contributed by atoms with Gasteiger partial charge in [0.05, 0.1) is 10.6 Å². The van der Waals surface area contributed by atoms with E-state index in [-0.39, 0.29) is 24.0 Å². The molecule has 0 fully saturated rings. The molecule has 37 heavy (non-hydrogen) atoms. The summed E-state index contributed by atoms with van der Waals surface area (Å²) < 4.78 is 7.11. The first-order chi connectivity index (χ1) is 18.0. The van der Waals surface area contributed by atoms with Gasteiger partial charge in [0.2, 0.25) is 5.95 Å². The van der Waals surface area contributed by atoms with Crippen LogP contribution < -0.4 is 15.6 Å². The standard InChI is InChI=1S/C28H25N5O3S/c1-18(2)19-10-12-21(13-11-19)36-17-27(35)30-25-15-23(24-9-6-14-37-24)32-33(25)28-29-22(16-26(34)31-28)20-7-4-3-5-8-20/h3-16,18H,17H2,1-2H3,(H,30,35)(H,29,31,34). The molecule has 186 valence electrons. The van der Waals surface area contributed by atoms with E-state index in [1.807, 2.05) is 72.1 Å². The maximum Gasteiger partial charge on any atom is 0.263 e. The second kappa shape index (κ2) is 10.6. The lowest BCUT2D eigenvalue weighted by atomic mass is 10.0. The van der Waals surface area contributed by atoms with Crippen molar-refractivity contribution in [1.82, 2.24) is 19.7 Å². The topological polar surface area (TPSA) is 102 Å². The number of carbonyl (C=O) groups excluding carboxylic acids is 1. The van der Waals surface area contributed by atoms with E-state index in [2.05, 4.69) is 34.2 Å². The fourth-order valence-electron chi connectivity index (χ4n) is 3.75. The van der Waals surface area contributed by atoms with Crippen molar-refractivity contribution >= 4 is 23.1 Å². The monoisotopic (exact) mass is 511 g/mol. The van der Waals surface area contributed by atoms with Crippen molar-refractivity contribution in [2.24, 2.45) is 0 Å². The molecule has 9 heteroatoms. The molecule has 0 unspecified atom stereocenters. The highest BCUT2D eigenvalue weighted by Gasteiger charge is 2.17. The van der Waals surface area contributed by atoms with E-state index in [9.17, 15) is 9.59 Å². The zero-order valence-corrected chi connectivity index (χ0v) is 21.2. The van der Waals surface area contributed by atoms with Gasteiger partial charge in [0.25, 0.3) is 11.5 Å². The average Bonchev–Trinajstić information content (AvgIpc) is 3.58. The summed E-state index contributed by atoms with van der Waals surface area (Å²) in [6.45, 7) is 4.05. The zero-order valence-electron chi connectivity index (χ0n) is 20.3. The highest BCUT2D eigenvalue weighted by Crippen LogP contribution is 2.28. The van der Waals surface area contributed by atoms with Gasteiger partial charge in [0.1, 0.15) is 17.3 Å². The number of hydrogen-bond donors (Lipinski definition) is 2. The van der Waals surface area contributed by atoms with E-state index in [1.165, 1.54) is 27.6 Å². The van der Waals surface area contributed by atoms with Gasteiger partial charge in [-0.25, -0.2) is 4.98 Å². The van der Waals surface area contributed by atoms with Crippen LogP contribution in [0.4, 0.5) is 5.82 Å². The lowest BCUT2D eigenvalue weighted by Gasteiger charge is -2.11. The maximum atomic E-state index is 12.8. The van der Waals surface area contributed by atoms with Gasteiger partial charge in [-0.05, 0) is 35.1 Å². The number of amides is 1. The molecular formula is C28H25N5O3S. The molecular weight excluding hydrogens is 486 g/mol. The van der Waals surface area contributed by atoms with Crippen LogP contribution in [0.15, 0.2) is 89.0 Å². The van der Waals surface area contributed by atoms with Crippen LogP contribution in [0.1, 0.15) is 25.3 Å². The summed E-state index contributed by atoms with van der Waals surface area (Å²) in [6.07, 6.45) is 0. The second-order valence-electron chi connectivity index (χ2n) is 8.68. The van der Waals surface area contributed by atoms with Crippen molar-refractivity contribution in [3.63, 3.8) is 0 Å².